The van der Waals surface area contributed by atoms with Crippen molar-refractivity contribution in [3.63, 3.8) is 0 Å². The fourth-order valence-corrected chi connectivity index (χ4v) is 4.19. The Balaban J connectivity index is 1.91. The summed E-state index contributed by atoms with van der Waals surface area (Å²) in [4.78, 5) is 7.66. The molecule has 1 fully saturated rings. The van der Waals surface area contributed by atoms with Gasteiger partial charge in [-0.2, -0.15) is 0 Å². The minimum absolute atomic E-state index is 0.129. The first-order valence-electron chi connectivity index (χ1n) is 8.79. The predicted octanol–water partition coefficient (Wildman–Crippen LogP) is 5.94. The van der Waals surface area contributed by atoms with Gasteiger partial charge in [-0.1, -0.05) is 55.1 Å². The highest BCUT2D eigenvalue weighted by molar-refractivity contribution is 5.50. The van der Waals surface area contributed by atoms with Crippen LogP contribution < -0.4 is 0 Å². The van der Waals surface area contributed by atoms with Gasteiger partial charge >= 0.3 is 5.66 Å². The van der Waals surface area contributed by atoms with Crippen molar-refractivity contribution < 1.29 is 0 Å². The van der Waals surface area contributed by atoms with Gasteiger partial charge in [0.25, 0.3) is 0 Å². The third kappa shape index (κ3) is 3.36. The zero-order valence-electron chi connectivity index (χ0n) is 14.4. The van der Waals surface area contributed by atoms with Gasteiger partial charge in [0.05, 0.1) is 0 Å². The van der Waals surface area contributed by atoms with Gasteiger partial charge in [0, 0.05) is 5.92 Å². The number of hydrogen-bond acceptors (Lipinski definition) is 0. The van der Waals surface area contributed by atoms with Crippen LogP contribution >= 0.6 is 0 Å². The van der Waals surface area contributed by atoms with Crippen molar-refractivity contribution in [3.8, 4) is 0 Å². The van der Waals surface area contributed by atoms with Gasteiger partial charge in [0.15, 0.2) is 0 Å². The standard InChI is InChI=1S/C23H22N2/c1-4-9-21-20-14-13-19(16-20)17-22(21)23(24-2,25-3)15-8-12-18-10-6-5-7-11-18/h5-12,17,19-21H,1,13-16H2/b12-8+/t19-,20+,21-/m0/s1. The van der Waals surface area contributed by atoms with Crippen molar-refractivity contribution in [2.24, 2.45) is 17.8 Å². The Labute approximate surface area is 150 Å². The van der Waals surface area contributed by atoms with Gasteiger partial charge in [-0.05, 0) is 42.7 Å². The predicted molar refractivity (Wildman–Crippen MR) is 102 cm³/mol. The Hall–Kier alpha value is -2.80. The van der Waals surface area contributed by atoms with E-state index in [2.05, 4.69) is 28.1 Å². The summed E-state index contributed by atoms with van der Waals surface area (Å²) in [5, 5.41) is 0. The minimum atomic E-state index is -1.13. The summed E-state index contributed by atoms with van der Waals surface area (Å²) in [6.45, 7) is 19.3. The molecule has 124 valence electrons. The first-order valence-corrected chi connectivity index (χ1v) is 8.79. The number of benzene rings is 1. The average molecular weight is 326 g/mol. The molecule has 1 saturated carbocycles. The fraction of sp³-hybridized carbons (Fsp3) is 0.348. The lowest BCUT2D eigenvalue weighted by molar-refractivity contribution is 0.394. The Morgan fingerprint density at radius 3 is 2.64 bits per heavy atom. The molecule has 25 heavy (non-hydrogen) atoms. The lowest BCUT2D eigenvalue weighted by Gasteiger charge is -2.28. The number of nitrogens with zero attached hydrogens (tertiary/aromatic N) is 2. The molecule has 0 N–H and O–H groups in total. The number of allylic oxidation sites excluding steroid dienone is 2. The van der Waals surface area contributed by atoms with E-state index in [-0.39, 0.29) is 5.92 Å². The Bertz CT molecular complexity index is 796. The van der Waals surface area contributed by atoms with Gasteiger partial charge < -0.3 is 0 Å². The molecule has 0 unspecified atom stereocenters. The molecule has 0 amide bonds. The lowest BCUT2D eigenvalue weighted by Crippen LogP contribution is -2.32. The minimum Gasteiger partial charge on any atom is -0.226 e. The quantitative estimate of drug-likeness (QED) is 0.360. The van der Waals surface area contributed by atoms with Gasteiger partial charge in [-0.15, -0.1) is 5.73 Å². The molecule has 2 bridgehead atoms. The van der Waals surface area contributed by atoms with Crippen LogP contribution in [0.15, 0.2) is 66.4 Å². The van der Waals surface area contributed by atoms with E-state index in [9.17, 15) is 0 Å². The molecule has 0 heterocycles. The van der Waals surface area contributed by atoms with Crippen LogP contribution in [-0.4, -0.2) is 5.66 Å². The van der Waals surface area contributed by atoms with Gasteiger partial charge in [-0.25, -0.2) is 22.8 Å². The normalized spacial score (nSPS) is 24.9. The third-order valence-electron chi connectivity index (χ3n) is 5.44. The summed E-state index contributed by atoms with van der Waals surface area (Å²) < 4.78 is 0. The van der Waals surface area contributed by atoms with Crippen LogP contribution in [0.1, 0.15) is 31.2 Å². The Kier molecular flexibility index (Phi) is 5.04. The van der Waals surface area contributed by atoms with Crippen LogP contribution in [0.3, 0.4) is 0 Å². The molecule has 2 aliphatic carbocycles. The molecule has 2 aliphatic rings. The topological polar surface area (TPSA) is 8.72 Å². The van der Waals surface area contributed by atoms with E-state index >= 15 is 0 Å². The average Bonchev–Trinajstić information content (AvgIpc) is 3.05. The molecule has 3 rings (SSSR count). The van der Waals surface area contributed by atoms with E-state index in [1.54, 1.807) is 0 Å². The van der Waals surface area contributed by atoms with E-state index in [0.717, 1.165) is 17.6 Å². The van der Waals surface area contributed by atoms with Crippen LogP contribution in [0.4, 0.5) is 0 Å². The highest BCUT2D eigenvalue weighted by atomic mass is 15.0. The second kappa shape index (κ2) is 7.40. The van der Waals surface area contributed by atoms with E-state index in [4.69, 9.17) is 13.1 Å². The molecule has 0 saturated heterocycles. The molecule has 0 radical (unpaired) electrons. The summed E-state index contributed by atoms with van der Waals surface area (Å²) in [7, 11) is 0. The third-order valence-corrected chi connectivity index (χ3v) is 5.44. The molecule has 2 heteroatoms. The van der Waals surface area contributed by atoms with Crippen LogP contribution in [-0.2, 0) is 0 Å². The summed E-state index contributed by atoms with van der Waals surface area (Å²) in [6.07, 6.45) is 12.1. The highest BCUT2D eigenvalue weighted by Crippen LogP contribution is 2.50. The molecule has 1 aromatic carbocycles. The maximum atomic E-state index is 7.79. The summed E-state index contributed by atoms with van der Waals surface area (Å²) in [5.41, 5.74) is 3.84. The molecule has 3 atom stereocenters. The maximum Gasteiger partial charge on any atom is 0.509 e. The fourth-order valence-electron chi connectivity index (χ4n) is 4.19. The first-order chi connectivity index (χ1) is 12.2. The van der Waals surface area contributed by atoms with Crippen molar-refractivity contribution in [2.75, 3.05) is 0 Å². The number of fused-ring (bicyclic) bond motifs is 2. The van der Waals surface area contributed by atoms with Crippen molar-refractivity contribution in [1.29, 1.82) is 0 Å². The van der Waals surface area contributed by atoms with E-state index in [1.807, 2.05) is 48.6 Å². The number of rotatable bonds is 5. The molecule has 0 spiro atoms. The van der Waals surface area contributed by atoms with Crippen molar-refractivity contribution in [3.05, 3.63) is 94.8 Å². The van der Waals surface area contributed by atoms with Crippen LogP contribution in [0.2, 0.25) is 0 Å². The maximum absolute atomic E-state index is 7.79. The van der Waals surface area contributed by atoms with Gasteiger partial charge in [0.2, 0.25) is 0 Å². The molecule has 0 aliphatic heterocycles. The number of hydrogen-bond donors (Lipinski definition) is 0. The van der Waals surface area contributed by atoms with E-state index in [1.165, 1.54) is 12.8 Å². The molecule has 0 aromatic heterocycles. The van der Waals surface area contributed by atoms with Crippen LogP contribution in [0, 0.1) is 30.9 Å². The smallest absolute Gasteiger partial charge is 0.226 e. The Morgan fingerprint density at radius 2 is 1.96 bits per heavy atom. The monoisotopic (exact) mass is 326 g/mol. The largest absolute Gasteiger partial charge is 0.509 e. The van der Waals surface area contributed by atoms with Crippen molar-refractivity contribution >= 4 is 6.08 Å². The van der Waals surface area contributed by atoms with Crippen molar-refractivity contribution in [1.82, 2.24) is 0 Å². The molecular weight excluding hydrogens is 304 g/mol. The molecule has 2 nitrogen and oxygen atoms in total. The molecular formula is C23H22N2. The zero-order chi connectivity index (χ0) is 17.7. The van der Waals surface area contributed by atoms with Gasteiger partial charge in [-0.3, -0.25) is 0 Å². The SMILES string of the molecule is [C-]#[N+]C(C/C=C/c1ccccc1)([N+]#[C-])C1=C[C@H]2CC[C@H](C2)[C@@H]1C=C=C. The van der Waals surface area contributed by atoms with E-state index < -0.39 is 5.66 Å². The van der Waals surface area contributed by atoms with Crippen molar-refractivity contribution in [2.45, 2.75) is 31.3 Å². The highest BCUT2D eigenvalue weighted by Gasteiger charge is 2.54. The first kappa shape index (κ1) is 17.0. The van der Waals surface area contributed by atoms with Gasteiger partial charge in [0.1, 0.15) is 12.0 Å². The Morgan fingerprint density at radius 1 is 1.20 bits per heavy atom. The zero-order valence-corrected chi connectivity index (χ0v) is 14.4. The second-order valence-corrected chi connectivity index (χ2v) is 6.91. The molecule has 1 aromatic rings. The summed E-state index contributed by atoms with van der Waals surface area (Å²) in [5.74, 6) is 1.18. The summed E-state index contributed by atoms with van der Waals surface area (Å²) in [6, 6.07) is 10.0. The lowest BCUT2D eigenvalue weighted by atomic mass is 9.73. The van der Waals surface area contributed by atoms with Crippen LogP contribution in [0.5, 0.6) is 0 Å². The second-order valence-electron chi connectivity index (χ2n) is 6.91. The summed E-state index contributed by atoms with van der Waals surface area (Å²) >= 11 is 0. The van der Waals surface area contributed by atoms with E-state index in [0.29, 0.717) is 18.3 Å². The van der Waals surface area contributed by atoms with Crippen LogP contribution in [0.25, 0.3) is 15.8 Å².